The molecule has 21 heavy (non-hydrogen) atoms. The average Bonchev–Trinajstić information content (AvgIpc) is 2.86. The van der Waals surface area contributed by atoms with Gasteiger partial charge in [-0.3, -0.25) is 4.79 Å². The number of nitrogens with one attached hydrogen (secondary N) is 2. The van der Waals surface area contributed by atoms with Crippen LogP contribution in [0.4, 0.5) is 0 Å². The summed E-state index contributed by atoms with van der Waals surface area (Å²) in [5.41, 5.74) is 1.94. The summed E-state index contributed by atoms with van der Waals surface area (Å²) in [5.74, 6) is 1.14. The Morgan fingerprint density at radius 3 is 2.76 bits per heavy atom. The van der Waals surface area contributed by atoms with Crippen molar-refractivity contribution in [1.82, 2.24) is 15.3 Å². The maximum Gasteiger partial charge on any atom is 0.230 e. The Kier molecular flexibility index (Phi) is 5.67. The molecule has 0 spiro atoms. The van der Waals surface area contributed by atoms with E-state index in [-0.39, 0.29) is 11.9 Å². The van der Waals surface area contributed by atoms with Crippen molar-refractivity contribution in [2.24, 2.45) is 5.92 Å². The first-order chi connectivity index (χ1) is 10.0. The minimum Gasteiger partial charge on any atom is -0.353 e. The number of fused-ring (bicyclic) bond motifs is 1. The highest BCUT2D eigenvalue weighted by Gasteiger charge is 2.10. The molecule has 0 unspecified atom stereocenters. The molecule has 0 aliphatic carbocycles. The molecule has 0 fully saturated rings. The van der Waals surface area contributed by atoms with Gasteiger partial charge in [-0.2, -0.15) is 0 Å². The van der Waals surface area contributed by atoms with Crippen LogP contribution in [0.1, 0.15) is 33.6 Å². The van der Waals surface area contributed by atoms with Crippen LogP contribution in [0.5, 0.6) is 0 Å². The topological polar surface area (TPSA) is 57.8 Å². The molecule has 114 valence electrons. The van der Waals surface area contributed by atoms with Crippen molar-refractivity contribution in [3.05, 3.63) is 24.3 Å². The number of aromatic nitrogens is 2. The Hall–Kier alpha value is -1.49. The molecule has 0 bridgehead atoms. The van der Waals surface area contributed by atoms with Crippen LogP contribution in [0, 0.1) is 5.92 Å². The lowest BCUT2D eigenvalue weighted by molar-refractivity contribution is -0.119. The fourth-order valence-corrected chi connectivity index (χ4v) is 2.80. The second-order valence-electron chi connectivity index (χ2n) is 5.79. The Morgan fingerprint density at radius 2 is 2.05 bits per heavy atom. The standard InChI is InChI=1S/C16H23N3OS/c1-11(2)8-9-12(3)17-15(20)10-21-16-18-13-6-4-5-7-14(13)19-16/h4-7,11-12H,8-10H2,1-3H3,(H,17,20)(H,18,19)/t12-/m0/s1. The molecular formula is C16H23N3OS. The van der Waals surface area contributed by atoms with E-state index in [1.807, 2.05) is 24.3 Å². The number of aromatic amines is 1. The van der Waals surface area contributed by atoms with Gasteiger partial charge in [0.2, 0.25) is 5.91 Å². The van der Waals surface area contributed by atoms with E-state index in [1.165, 1.54) is 11.8 Å². The molecule has 1 heterocycles. The summed E-state index contributed by atoms with van der Waals surface area (Å²) in [6.07, 6.45) is 2.16. The zero-order chi connectivity index (χ0) is 15.2. The van der Waals surface area contributed by atoms with Gasteiger partial charge in [-0.25, -0.2) is 4.98 Å². The molecule has 0 saturated carbocycles. The lowest BCUT2D eigenvalue weighted by Crippen LogP contribution is -2.34. The van der Waals surface area contributed by atoms with Crippen molar-refractivity contribution < 1.29 is 4.79 Å². The number of benzene rings is 1. The van der Waals surface area contributed by atoms with Gasteiger partial charge in [0, 0.05) is 6.04 Å². The smallest absolute Gasteiger partial charge is 0.230 e. The number of para-hydroxylation sites is 2. The normalized spacial score (nSPS) is 12.8. The number of rotatable bonds is 7. The third-order valence-electron chi connectivity index (χ3n) is 3.29. The monoisotopic (exact) mass is 305 g/mol. The van der Waals surface area contributed by atoms with Crippen LogP contribution in [-0.2, 0) is 4.79 Å². The highest BCUT2D eigenvalue weighted by Crippen LogP contribution is 2.18. The van der Waals surface area contributed by atoms with Gasteiger partial charge >= 0.3 is 0 Å². The maximum absolute atomic E-state index is 11.9. The van der Waals surface area contributed by atoms with Crippen LogP contribution < -0.4 is 5.32 Å². The summed E-state index contributed by atoms with van der Waals surface area (Å²) in [6.45, 7) is 6.46. The van der Waals surface area contributed by atoms with Crippen LogP contribution in [0.15, 0.2) is 29.4 Å². The van der Waals surface area contributed by atoms with Crippen LogP contribution in [0.3, 0.4) is 0 Å². The second-order valence-corrected chi connectivity index (χ2v) is 6.75. The van der Waals surface area contributed by atoms with Gasteiger partial charge in [0.05, 0.1) is 16.8 Å². The highest BCUT2D eigenvalue weighted by atomic mass is 32.2. The Morgan fingerprint density at radius 1 is 1.29 bits per heavy atom. The Balaban J connectivity index is 1.78. The fraction of sp³-hybridized carbons (Fsp3) is 0.500. The van der Waals surface area contributed by atoms with Crippen molar-refractivity contribution in [3.8, 4) is 0 Å². The van der Waals surface area contributed by atoms with Gasteiger partial charge < -0.3 is 10.3 Å². The molecule has 1 aromatic carbocycles. The van der Waals surface area contributed by atoms with E-state index >= 15 is 0 Å². The lowest BCUT2D eigenvalue weighted by atomic mass is 10.0. The maximum atomic E-state index is 11.9. The van der Waals surface area contributed by atoms with Crippen LogP contribution in [-0.4, -0.2) is 27.7 Å². The quantitative estimate of drug-likeness (QED) is 0.769. The Bertz CT molecular complexity index is 561. The first kappa shape index (κ1) is 15.9. The summed E-state index contributed by atoms with van der Waals surface area (Å²) in [5, 5.41) is 3.83. The predicted molar refractivity (Wildman–Crippen MR) is 88.5 cm³/mol. The van der Waals surface area contributed by atoms with Crippen molar-refractivity contribution >= 4 is 28.7 Å². The van der Waals surface area contributed by atoms with E-state index in [4.69, 9.17) is 0 Å². The minimum atomic E-state index is 0.0664. The summed E-state index contributed by atoms with van der Waals surface area (Å²) in [6, 6.07) is 8.11. The minimum absolute atomic E-state index is 0.0664. The molecule has 0 saturated heterocycles. The molecule has 5 heteroatoms. The third-order valence-corrected chi connectivity index (χ3v) is 4.17. The summed E-state index contributed by atoms with van der Waals surface area (Å²) in [7, 11) is 0. The number of hydrogen-bond acceptors (Lipinski definition) is 3. The molecular weight excluding hydrogens is 282 g/mol. The lowest BCUT2D eigenvalue weighted by Gasteiger charge is -2.14. The molecule has 1 atom stereocenters. The van der Waals surface area contributed by atoms with E-state index in [0.717, 1.165) is 29.0 Å². The molecule has 1 amide bonds. The van der Waals surface area contributed by atoms with Gasteiger partial charge in [-0.15, -0.1) is 0 Å². The number of nitrogens with zero attached hydrogens (tertiary/aromatic N) is 1. The van der Waals surface area contributed by atoms with Crippen LogP contribution >= 0.6 is 11.8 Å². The fourth-order valence-electron chi connectivity index (χ4n) is 2.10. The summed E-state index contributed by atoms with van der Waals surface area (Å²) in [4.78, 5) is 19.6. The van der Waals surface area contributed by atoms with Gasteiger partial charge in [0.15, 0.2) is 5.16 Å². The number of H-pyrrole nitrogens is 1. The number of thioether (sulfide) groups is 1. The molecule has 0 aliphatic rings. The van der Waals surface area contributed by atoms with E-state index in [1.54, 1.807) is 0 Å². The van der Waals surface area contributed by atoms with Crippen LogP contribution in [0.2, 0.25) is 0 Å². The molecule has 0 aliphatic heterocycles. The number of hydrogen-bond donors (Lipinski definition) is 2. The number of carbonyl (C=O) groups is 1. The van der Waals surface area contributed by atoms with Crippen molar-refractivity contribution in [1.29, 1.82) is 0 Å². The highest BCUT2D eigenvalue weighted by molar-refractivity contribution is 7.99. The summed E-state index contributed by atoms with van der Waals surface area (Å²) < 4.78 is 0. The van der Waals surface area contributed by atoms with Gasteiger partial charge in [-0.1, -0.05) is 37.7 Å². The molecule has 1 aromatic heterocycles. The zero-order valence-corrected chi connectivity index (χ0v) is 13.7. The van der Waals surface area contributed by atoms with Crippen LogP contribution in [0.25, 0.3) is 11.0 Å². The van der Waals surface area contributed by atoms with Crippen molar-refractivity contribution in [2.75, 3.05) is 5.75 Å². The first-order valence-corrected chi connectivity index (χ1v) is 8.40. The largest absolute Gasteiger partial charge is 0.353 e. The van der Waals surface area contributed by atoms with E-state index < -0.39 is 0 Å². The van der Waals surface area contributed by atoms with Gasteiger partial charge in [0.25, 0.3) is 0 Å². The number of imidazole rings is 1. The Labute approximate surface area is 130 Å². The van der Waals surface area contributed by atoms with E-state index in [2.05, 4.69) is 36.1 Å². The molecule has 2 rings (SSSR count). The second kappa shape index (κ2) is 7.50. The summed E-state index contributed by atoms with van der Waals surface area (Å²) >= 11 is 1.44. The van der Waals surface area contributed by atoms with Crippen molar-refractivity contribution in [2.45, 2.75) is 44.8 Å². The SMILES string of the molecule is CC(C)CC[C@H](C)NC(=O)CSc1nc2ccccc2[nH]1. The zero-order valence-electron chi connectivity index (χ0n) is 12.8. The molecule has 0 radical (unpaired) electrons. The number of amides is 1. The van der Waals surface area contributed by atoms with Gasteiger partial charge in [0.1, 0.15) is 0 Å². The predicted octanol–water partition coefficient (Wildman–Crippen LogP) is 3.60. The molecule has 2 aromatic rings. The molecule has 4 nitrogen and oxygen atoms in total. The van der Waals surface area contributed by atoms with Crippen molar-refractivity contribution in [3.63, 3.8) is 0 Å². The average molecular weight is 305 g/mol. The molecule has 2 N–H and O–H groups in total. The third kappa shape index (κ3) is 5.08. The van der Waals surface area contributed by atoms with E-state index in [9.17, 15) is 4.79 Å². The number of carbonyl (C=O) groups excluding carboxylic acids is 1. The first-order valence-electron chi connectivity index (χ1n) is 7.41. The van der Waals surface area contributed by atoms with E-state index in [0.29, 0.717) is 11.7 Å². The van der Waals surface area contributed by atoms with Gasteiger partial charge in [-0.05, 0) is 37.8 Å².